The van der Waals surface area contributed by atoms with E-state index >= 15 is 0 Å². The van der Waals surface area contributed by atoms with Gasteiger partial charge in [0.05, 0.1) is 23.4 Å². The van der Waals surface area contributed by atoms with Crippen LogP contribution in [0.15, 0.2) is 36.4 Å². The number of aryl methyl sites for hydroxylation is 2. The summed E-state index contributed by atoms with van der Waals surface area (Å²) in [6, 6.07) is 10.7. The third kappa shape index (κ3) is 5.22. The molecule has 0 aliphatic rings. The lowest BCUT2D eigenvalue weighted by atomic mass is 10.1. The Balaban J connectivity index is 1.93. The van der Waals surface area contributed by atoms with E-state index in [9.17, 15) is 9.59 Å². The minimum Gasteiger partial charge on any atom is -0.465 e. The summed E-state index contributed by atoms with van der Waals surface area (Å²) in [7, 11) is 1.30. The quantitative estimate of drug-likeness (QED) is 0.758. The summed E-state index contributed by atoms with van der Waals surface area (Å²) in [4.78, 5) is 23.7. The lowest BCUT2D eigenvalue weighted by Crippen LogP contribution is -2.17. The number of nitrogens with one attached hydrogen (secondary N) is 2. The molecule has 0 aromatic heterocycles. The topological polar surface area (TPSA) is 67.4 Å². The number of methoxy groups -OCH3 is 1. The zero-order valence-corrected chi connectivity index (χ0v) is 15.2. The predicted octanol–water partition coefficient (Wildman–Crippen LogP) is 4.18. The van der Waals surface area contributed by atoms with Gasteiger partial charge < -0.3 is 15.4 Å². The molecule has 0 saturated heterocycles. The zero-order chi connectivity index (χ0) is 18.4. The van der Waals surface area contributed by atoms with Crippen LogP contribution in [0.4, 0.5) is 11.4 Å². The Morgan fingerprint density at radius 3 is 2.52 bits per heavy atom. The molecule has 25 heavy (non-hydrogen) atoms. The minimum absolute atomic E-state index is 0.193. The Morgan fingerprint density at radius 1 is 1.08 bits per heavy atom. The number of rotatable bonds is 6. The van der Waals surface area contributed by atoms with Crippen molar-refractivity contribution in [3.8, 4) is 0 Å². The van der Waals surface area contributed by atoms with Gasteiger partial charge in [-0.2, -0.15) is 0 Å². The van der Waals surface area contributed by atoms with E-state index < -0.39 is 5.97 Å². The molecule has 2 rings (SSSR count). The van der Waals surface area contributed by atoms with E-state index in [4.69, 9.17) is 11.6 Å². The van der Waals surface area contributed by atoms with Crippen LogP contribution in [0, 0.1) is 13.8 Å². The molecule has 1 amide bonds. The number of ether oxygens (including phenoxy) is 1. The first-order valence-electron chi connectivity index (χ1n) is 7.89. The molecule has 0 saturated carbocycles. The number of carbonyl (C=O) groups is 2. The predicted molar refractivity (Wildman–Crippen MR) is 100 cm³/mol. The maximum absolute atomic E-state index is 12.1. The summed E-state index contributed by atoms with van der Waals surface area (Å²) in [6.45, 7) is 4.55. The largest absolute Gasteiger partial charge is 0.465 e. The highest BCUT2D eigenvalue weighted by atomic mass is 35.5. The molecule has 2 aromatic rings. The van der Waals surface area contributed by atoms with E-state index in [1.165, 1.54) is 18.7 Å². The summed E-state index contributed by atoms with van der Waals surface area (Å²) in [5.74, 6) is -0.676. The Kier molecular flexibility index (Phi) is 6.42. The standard InChI is InChI=1S/C19H21ClN2O3/c1-12-4-7-16(13(2)10-12)21-9-8-18(23)22-17-11-14(19(24)25-3)5-6-15(17)20/h4-7,10-11,21H,8-9H2,1-3H3,(H,22,23). The van der Waals surface area contributed by atoms with Crippen LogP contribution in [0.1, 0.15) is 27.9 Å². The fourth-order valence-corrected chi connectivity index (χ4v) is 2.57. The van der Waals surface area contributed by atoms with Gasteiger partial charge in [-0.05, 0) is 43.7 Å². The molecular formula is C19H21ClN2O3. The molecule has 0 aliphatic carbocycles. The summed E-state index contributed by atoms with van der Waals surface area (Å²) < 4.78 is 4.66. The Hall–Kier alpha value is -2.53. The second-order valence-electron chi connectivity index (χ2n) is 5.73. The Bertz CT molecular complexity index is 790. The zero-order valence-electron chi connectivity index (χ0n) is 14.5. The second kappa shape index (κ2) is 8.53. The van der Waals surface area contributed by atoms with Crippen molar-refractivity contribution in [3.63, 3.8) is 0 Å². The number of hydrogen-bond acceptors (Lipinski definition) is 4. The average Bonchev–Trinajstić information content (AvgIpc) is 2.58. The molecule has 0 aliphatic heterocycles. The number of halogens is 1. The van der Waals surface area contributed by atoms with Crippen molar-refractivity contribution < 1.29 is 14.3 Å². The van der Waals surface area contributed by atoms with Gasteiger partial charge in [0, 0.05) is 18.7 Å². The van der Waals surface area contributed by atoms with Crippen LogP contribution in [0.3, 0.4) is 0 Å². The van der Waals surface area contributed by atoms with Crippen LogP contribution in [-0.4, -0.2) is 25.5 Å². The summed E-state index contributed by atoms with van der Waals surface area (Å²) in [5.41, 5.74) is 4.05. The molecule has 132 valence electrons. The molecule has 0 spiro atoms. The fraction of sp³-hybridized carbons (Fsp3) is 0.263. The first kappa shape index (κ1) is 18.8. The lowest BCUT2D eigenvalue weighted by Gasteiger charge is -2.11. The maximum Gasteiger partial charge on any atom is 0.337 e. The minimum atomic E-state index is -0.483. The van der Waals surface area contributed by atoms with Crippen LogP contribution >= 0.6 is 11.6 Å². The fourth-order valence-electron chi connectivity index (χ4n) is 2.40. The molecule has 0 atom stereocenters. The smallest absolute Gasteiger partial charge is 0.337 e. The molecule has 0 unspecified atom stereocenters. The van der Waals surface area contributed by atoms with Crippen molar-refractivity contribution in [2.45, 2.75) is 20.3 Å². The number of esters is 1. The molecule has 2 aromatic carbocycles. The van der Waals surface area contributed by atoms with E-state index in [2.05, 4.69) is 21.4 Å². The van der Waals surface area contributed by atoms with Gasteiger partial charge in [-0.3, -0.25) is 4.79 Å². The van der Waals surface area contributed by atoms with Crippen molar-refractivity contribution in [3.05, 3.63) is 58.1 Å². The molecule has 0 heterocycles. The van der Waals surface area contributed by atoms with Crippen LogP contribution in [0.25, 0.3) is 0 Å². The number of hydrogen-bond donors (Lipinski definition) is 2. The molecule has 6 heteroatoms. The summed E-state index contributed by atoms with van der Waals surface area (Å²) >= 11 is 6.07. The highest BCUT2D eigenvalue weighted by Crippen LogP contribution is 2.23. The second-order valence-corrected chi connectivity index (χ2v) is 6.14. The number of anilines is 2. The molecule has 0 bridgehead atoms. The van der Waals surface area contributed by atoms with Gasteiger partial charge in [0.15, 0.2) is 0 Å². The Morgan fingerprint density at radius 2 is 1.84 bits per heavy atom. The first-order chi connectivity index (χ1) is 11.9. The number of amides is 1. The van der Waals surface area contributed by atoms with Crippen LogP contribution in [-0.2, 0) is 9.53 Å². The van der Waals surface area contributed by atoms with E-state index in [0.717, 1.165) is 11.3 Å². The van der Waals surface area contributed by atoms with Gasteiger partial charge in [-0.1, -0.05) is 29.3 Å². The summed E-state index contributed by atoms with van der Waals surface area (Å²) in [5, 5.41) is 6.33. The van der Waals surface area contributed by atoms with Crippen molar-refractivity contribution >= 4 is 34.9 Å². The van der Waals surface area contributed by atoms with Gasteiger partial charge in [-0.25, -0.2) is 4.79 Å². The molecule has 0 fully saturated rings. The number of benzene rings is 2. The SMILES string of the molecule is COC(=O)c1ccc(Cl)c(NC(=O)CCNc2ccc(C)cc2C)c1. The maximum atomic E-state index is 12.1. The average molecular weight is 361 g/mol. The number of carbonyl (C=O) groups excluding carboxylic acids is 2. The molecule has 5 nitrogen and oxygen atoms in total. The van der Waals surface area contributed by atoms with Crippen LogP contribution in [0.2, 0.25) is 5.02 Å². The van der Waals surface area contributed by atoms with Gasteiger partial charge in [0.2, 0.25) is 5.91 Å². The van der Waals surface area contributed by atoms with E-state index in [0.29, 0.717) is 22.8 Å². The Labute approximate surface area is 152 Å². The van der Waals surface area contributed by atoms with Crippen molar-refractivity contribution in [1.29, 1.82) is 0 Å². The normalized spacial score (nSPS) is 10.2. The monoisotopic (exact) mass is 360 g/mol. The van der Waals surface area contributed by atoms with Crippen LogP contribution in [0.5, 0.6) is 0 Å². The van der Waals surface area contributed by atoms with Gasteiger partial charge >= 0.3 is 5.97 Å². The molecule has 0 radical (unpaired) electrons. The molecular weight excluding hydrogens is 340 g/mol. The molecule has 2 N–H and O–H groups in total. The highest BCUT2D eigenvalue weighted by Gasteiger charge is 2.11. The third-order valence-corrected chi connectivity index (χ3v) is 4.04. The van der Waals surface area contributed by atoms with E-state index in [1.54, 1.807) is 12.1 Å². The summed E-state index contributed by atoms with van der Waals surface area (Å²) in [6.07, 6.45) is 0.270. The van der Waals surface area contributed by atoms with Crippen molar-refractivity contribution in [2.24, 2.45) is 0 Å². The van der Waals surface area contributed by atoms with E-state index in [-0.39, 0.29) is 12.3 Å². The first-order valence-corrected chi connectivity index (χ1v) is 8.27. The van der Waals surface area contributed by atoms with Crippen LogP contribution < -0.4 is 10.6 Å². The van der Waals surface area contributed by atoms with Gasteiger partial charge in [0.1, 0.15) is 0 Å². The lowest BCUT2D eigenvalue weighted by molar-refractivity contribution is -0.115. The highest BCUT2D eigenvalue weighted by molar-refractivity contribution is 6.33. The van der Waals surface area contributed by atoms with Crippen molar-refractivity contribution in [1.82, 2.24) is 0 Å². The van der Waals surface area contributed by atoms with Gasteiger partial charge in [0.25, 0.3) is 0 Å². The van der Waals surface area contributed by atoms with Crippen molar-refractivity contribution in [2.75, 3.05) is 24.3 Å². The van der Waals surface area contributed by atoms with E-state index in [1.807, 2.05) is 26.0 Å². The third-order valence-electron chi connectivity index (χ3n) is 3.71. The van der Waals surface area contributed by atoms with Gasteiger partial charge in [-0.15, -0.1) is 0 Å².